The maximum absolute atomic E-state index is 11.0. The smallest absolute Gasteiger partial charge is 0.219 e. The Kier molecular flexibility index (Phi) is 6.62. The molecule has 0 saturated heterocycles. The average molecular weight is 344 g/mol. The third-order valence-corrected chi connectivity index (χ3v) is 3.08. The van der Waals surface area contributed by atoms with Crippen molar-refractivity contribution in [1.82, 2.24) is 10.3 Å². The van der Waals surface area contributed by atoms with Gasteiger partial charge in [-0.25, -0.2) is 4.98 Å². The lowest BCUT2D eigenvalue weighted by Gasteiger charge is -2.14. The summed E-state index contributed by atoms with van der Waals surface area (Å²) in [5, 5.41) is 2.77. The summed E-state index contributed by atoms with van der Waals surface area (Å²) in [6, 6.07) is 10.8. The predicted octanol–water partition coefficient (Wildman–Crippen LogP) is 3.56. The third kappa shape index (κ3) is 6.71. The monoisotopic (exact) mass is 344 g/mol. The van der Waals surface area contributed by atoms with E-state index < -0.39 is 0 Å². The minimum atomic E-state index is -0.0721. The zero-order valence-corrected chi connectivity index (χ0v) is 15.0. The Labute approximate surface area is 148 Å². The predicted molar refractivity (Wildman–Crippen MR) is 95.3 cm³/mol. The number of amides is 1. The topological polar surface area (TPSA) is 69.7 Å². The standard InChI is InChI=1S/C19H24N2O4/c1-13(2)24-18-9-10-19(20-11-18)25-17-7-5-16(6-8-17)23-12-14(3)21-15(4)22/h5-11,13-14H,12H2,1-4H3,(H,21,22)/t14-/m1/s1. The number of hydrogen-bond acceptors (Lipinski definition) is 5. The van der Waals surface area contributed by atoms with Gasteiger partial charge in [0.1, 0.15) is 23.9 Å². The summed E-state index contributed by atoms with van der Waals surface area (Å²) >= 11 is 0. The first-order valence-electron chi connectivity index (χ1n) is 8.23. The highest BCUT2D eigenvalue weighted by Crippen LogP contribution is 2.24. The molecule has 1 heterocycles. The fourth-order valence-corrected chi connectivity index (χ4v) is 2.10. The van der Waals surface area contributed by atoms with Crippen molar-refractivity contribution in [1.29, 1.82) is 0 Å². The molecular weight excluding hydrogens is 320 g/mol. The summed E-state index contributed by atoms with van der Waals surface area (Å²) in [5.74, 6) is 2.49. The zero-order valence-electron chi connectivity index (χ0n) is 15.0. The summed E-state index contributed by atoms with van der Waals surface area (Å²) in [6.07, 6.45) is 1.74. The molecule has 0 unspecified atom stereocenters. The third-order valence-electron chi connectivity index (χ3n) is 3.08. The van der Waals surface area contributed by atoms with Crippen LogP contribution in [0.5, 0.6) is 23.1 Å². The lowest BCUT2D eigenvalue weighted by atomic mass is 10.3. The van der Waals surface area contributed by atoms with Crippen molar-refractivity contribution in [2.45, 2.75) is 39.8 Å². The molecule has 0 saturated carbocycles. The highest BCUT2D eigenvalue weighted by Gasteiger charge is 2.05. The van der Waals surface area contributed by atoms with Gasteiger partial charge in [-0.3, -0.25) is 4.79 Å². The second kappa shape index (κ2) is 8.92. The van der Waals surface area contributed by atoms with Crippen molar-refractivity contribution in [3.05, 3.63) is 42.6 Å². The Balaban J connectivity index is 1.86. The van der Waals surface area contributed by atoms with Crippen molar-refractivity contribution in [3.63, 3.8) is 0 Å². The highest BCUT2D eigenvalue weighted by atomic mass is 16.5. The molecule has 0 spiro atoms. The van der Waals surface area contributed by atoms with Crippen LogP contribution in [0.1, 0.15) is 27.7 Å². The lowest BCUT2D eigenvalue weighted by molar-refractivity contribution is -0.119. The Bertz CT molecular complexity index is 669. The molecule has 134 valence electrons. The molecule has 0 aliphatic carbocycles. The van der Waals surface area contributed by atoms with Crippen molar-refractivity contribution in [2.24, 2.45) is 0 Å². The summed E-state index contributed by atoms with van der Waals surface area (Å²) in [5.41, 5.74) is 0. The number of ether oxygens (including phenoxy) is 3. The van der Waals surface area contributed by atoms with E-state index in [2.05, 4.69) is 10.3 Å². The Morgan fingerprint density at radius 1 is 1.04 bits per heavy atom. The summed E-state index contributed by atoms with van der Waals surface area (Å²) < 4.78 is 16.9. The fourth-order valence-electron chi connectivity index (χ4n) is 2.10. The SMILES string of the molecule is CC(=O)N[C@H](C)COc1ccc(Oc2ccc(OC(C)C)cn2)cc1. The average Bonchev–Trinajstić information content (AvgIpc) is 2.55. The van der Waals surface area contributed by atoms with Crippen molar-refractivity contribution >= 4 is 5.91 Å². The van der Waals surface area contributed by atoms with E-state index in [-0.39, 0.29) is 18.1 Å². The van der Waals surface area contributed by atoms with Gasteiger partial charge >= 0.3 is 0 Å². The molecule has 1 atom stereocenters. The van der Waals surface area contributed by atoms with Crippen LogP contribution in [0.3, 0.4) is 0 Å². The van der Waals surface area contributed by atoms with Gasteiger partial charge in [0.05, 0.1) is 18.3 Å². The van der Waals surface area contributed by atoms with Crippen molar-refractivity contribution in [3.8, 4) is 23.1 Å². The number of pyridine rings is 1. The van der Waals surface area contributed by atoms with Crippen molar-refractivity contribution < 1.29 is 19.0 Å². The molecule has 0 aliphatic heterocycles. The number of nitrogens with zero attached hydrogens (tertiary/aromatic N) is 1. The summed E-state index contributed by atoms with van der Waals surface area (Å²) in [6.45, 7) is 7.70. The number of nitrogens with one attached hydrogen (secondary N) is 1. The van der Waals surface area contributed by atoms with Gasteiger partial charge in [-0.1, -0.05) is 0 Å². The van der Waals surface area contributed by atoms with E-state index in [0.717, 1.165) is 0 Å². The summed E-state index contributed by atoms with van der Waals surface area (Å²) in [7, 11) is 0. The Morgan fingerprint density at radius 2 is 1.68 bits per heavy atom. The first-order chi connectivity index (χ1) is 11.9. The molecule has 25 heavy (non-hydrogen) atoms. The van der Waals surface area contributed by atoms with Crippen molar-refractivity contribution in [2.75, 3.05) is 6.61 Å². The number of hydrogen-bond donors (Lipinski definition) is 1. The number of rotatable bonds is 8. The maximum atomic E-state index is 11.0. The number of carbonyl (C=O) groups excluding carboxylic acids is 1. The van der Waals surface area contributed by atoms with Gasteiger partial charge in [-0.2, -0.15) is 0 Å². The van der Waals surface area contributed by atoms with Crippen LogP contribution in [0.2, 0.25) is 0 Å². The molecule has 6 heteroatoms. The van der Waals surface area contributed by atoms with Crippen LogP contribution in [0, 0.1) is 0 Å². The highest BCUT2D eigenvalue weighted by molar-refractivity contribution is 5.73. The second-order valence-electron chi connectivity index (χ2n) is 5.98. The van der Waals surface area contributed by atoms with Gasteiger partial charge in [-0.05, 0) is 51.1 Å². The van der Waals surface area contributed by atoms with Crippen LogP contribution in [0.15, 0.2) is 42.6 Å². The van der Waals surface area contributed by atoms with Crippen LogP contribution < -0.4 is 19.5 Å². The van der Waals surface area contributed by atoms with Gasteiger partial charge < -0.3 is 19.5 Å². The number of carbonyl (C=O) groups is 1. The number of aromatic nitrogens is 1. The molecule has 0 fully saturated rings. The molecule has 1 aromatic carbocycles. The Morgan fingerprint density at radius 3 is 2.24 bits per heavy atom. The summed E-state index contributed by atoms with van der Waals surface area (Å²) in [4.78, 5) is 15.2. The molecule has 2 aromatic rings. The van der Waals surface area contributed by atoms with Gasteiger partial charge in [0.15, 0.2) is 0 Å². The van der Waals surface area contributed by atoms with Gasteiger partial charge in [0, 0.05) is 13.0 Å². The van der Waals surface area contributed by atoms with Crippen LogP contribution in [0.25, 0.3) is 0 Å². The van der Waals surface area contributed by atoms with E-state index >= 15 is 0 Å². The minimum absolute atomic E-state index is 0.0517. The van der Waals surface area contributed by atoms with E-state index in [1.165, 1.54) is 6.92 Å². The fraction of sp³-hybridized carbons (Fsp3) is 0.368. The van der Waals surface area contributed by atoms with Crippen LogP contribution >= 0.6 is 0 Å². The molecular formula is C19H24N2O4. The normalized spacial score (nSPS) is 11.7. The quantitative estimate of drug-likeness (QED) is 0.793. The molecule has 0 radical (unpaired) electrons. The Hall–Kier alpha value is -2.76. The first kappa shape index (κ1) is 18.6. The number of benzene rings is 1. The zero-order chi connectivity index (χ0) is 18.2. The van der Waals surface area contributed by atoms with E-state index in [4.69, 9.17) is 14.2 Å². The van der Waals surface area contributed by atoms with Crippen LogP contribution in [-0.2, 0) is 4.79 Å². The molecule has 1 amide bonds. The van der Waals surface area contributed by atoms with E-state index in [1.807, 2.05) is 39.0 Å². The lowest BCUT2D eigenvalue weighted by Crippen LogP contribution is -2.35. The van der Waals surface area contributed by atoms with Crippen LogP contribution in [-0.4, -0.2) is 29.6 Å². The molecule has 2 rings (SSSR count). The van der Waals surface area contributed by atoms with E-state index in [0.29, 0.717) is 29.7 Å². The molecule has 0 bridgehead atoms. The molecule has 1 aromatic heterocycles. The molecule has 0 aliphatic rings. The molecule has 1 N–H and O–H groups in total. The van der Waals surface area contributed by atoms with Gasteiger partial charge in [-0.15, -0.1) is 0 Å². The van der Waals surface area contributed by atoms with E-state index in [1.54, 1.807) is 24.4 Å². The van der Waals surface area contributed by atoms with Crippen LogP contribution in [0.4, 0.5) is 0 Å². The first-order valence-corrected chi connectivity index (χ1v) is 8.23. The van der Waals surface area contributed by atoms with Gasteiger partial charge in [0.25, 0.3) is 0 Å². The largest absolute Gasteiger partial charge is 0.491 e. The minimum Gasteiger partial charge on any atom is -0.491 e. The maximum Gasteiger partial charge on any atom is 0.219 e. The van der Waals surface area contributed by atoms with E-state index in [9.17, 15) is 4.79 Å². The second-order valence-corrected chi connectivity index (χ2v) is 5.98. The van der Waals surface area contributed by atoms with Gasteiger partial charge in [0.2, 0.25) is 11.8 Å². The molecule has 6 nitrogen and oxygen atoms in total.